The summed E-state index contributed by atoms with van der Waals surface area (Å²) < 4.78 is 10.9. The van der Waals surface area contributed by atoms with Gasteiger partial charge in [0.2, 0.25) is 6.79 Å². The first-order valence-corrected chi connectivity index (χ1v) is 7.89. The van der Waals surface area contributed by atoms with Crippen LogP contribution in [0.5, 0.6) is 11.5 Å². The average molecular weight is 296 g/mol. The van der Waals surface area contributed by atoms with E-state index in [9.17, 15) is 0 Å². The molecule has 0 unspecified atom stereocenters. The molecule has 0 spiro atoms. The summed E-state index contributed by atoms with van der Waals surface area (Å²) in [5.74, 6) is 2.40. The first kappa shape index (κ1) is 13.6. The fourth-order valence-electron chi connectivity index (χ4n) is 3.34. The van der Waals surface area contributed by atoms with Crippen LogP contribution in [-0.2, 0) is 6.54 Å². The van der Waals surface area contributed by atoms with Crippen molar-refractivity contribution in [2.75, 3.05) is 19.9 Å². The average Bonchev–Trinajstić information content (AvgIpc) is 3.04. The van der Waals surface area contributed by atoms with Gasteiger partial charge >= 0.3 is 0 Å². The summed E-state index contributed by atoms with van der Waals surface area (Å²) >= 11 is 0. The SMILES string of the molecule is c1cncc(CN2CCC(c3ccc4c(c3)OCO4)CC2)c1. The summed E-state index contributed by atoms with van der Waals surface area (Å²) in [7, 11) is 0. The second-order valence-electron chi connectivity index (χ2n) is 6.02. The number of rotatable bonds is 3. The van der Waals surface area contributed by atoms with Crippen molar-refractivity contribution in [3.8, 4) is 11.5 Å². The van der Waals surface area contributed by atoms with Crippen molar-refractivity contribution in [2.45, 2.75) is 25.3 Å². The van der Waals surface area contributed by atoms with Crippen LogP contribution in [0.1, 0.15) is 29.9 Å². The lowest BCUT2D eigenvalue weighted by molar-refractivity contribution is 0.174. The zero-order valence-corrected chi connectivity index (χ0v) is 12.6. The lowest BCUT2D eigenvalue weighted by Gasteiger charge is -2.32. The molecule has 4 heteroatoms. The maximum atomic E-state index is 5.49. The van der Waals surface area contributed by atoms with E-state index in [0.717, 1.165) is 31.1 Å². The van der Waals surface area contributed by atoms with Crippen LogP contribution >= 0.6 is 0 Å². The number of aromatic nitrogens is 1. The predicted molar refractivity (Wildman–Crippen MR) is 84.1 cm³/mol. The summed E-state index contributed by atoms with van der Waals surface area (Å²) in [4.78, 5) is 6.71. The third-order valence-corrected chi connectivity index (χ3v) is 4.58. The van der Waals surface area contributed by atoms with Crippen LogP contribution in [-0.4, -0.2) is 29.8 Å². The second-order valence-corrected chi connectivity index (χ2v) is 6.02. The third-order valence-electron chi connectivity index (χ3n) is 4.58. The van der Waals surface area contributed by atoms with Crippen LogP contribution in [0.25, 0.3) is 0 Å². The topological polar surface area (TPSA) is 34.6 Å². The Morgan fingerprint density at radius 2 is 1.95 bits per heavy atom. The highest BCUT2D eigenvalue weighted by molar-refractivity contribution is 5.45. The van der Waals surface area contributed by atoms with E-state index in [2.05, 4.69) is 28.1 Å². The smallest absolute Gasteiger partial charge is 0.231 e. The number of hydrogen-bond acceptors (Lipinski definition) is 4. The Labute approximate surface area is 130 Å². The molecule has 0 aliphatic carbocycles. The zero-order valence-electron chi connectivity index (χ0n) is 12.6. The van der Waals surface area contributed by atoms with Gasteiger partial charge in [-0.25, -0.2) is 0 Å². The molecule has 4 nitrogen and oxygen atoms in total. The van der Waals surface area contributed by atoms with E-state index >= 15 is 0 Å². The fraction of sp³-hybridized carbons (Fsp3) is 0.389. The maximum Gasteiger partial charge on any atom is 0.231 e. The maximum absolute atomic E-state index is 5.49. The monoisotopic (exact) mass is 296 g/mol. The van der Waals surface area contributed by atoms with Gasteiger partial charge in [-0.05, 0) is 61.2 Å². The van der Waals surface area contributed by atoms with E-state index in [-0.39, 0.29) is 0 Å². The number of fused-ring (bicyclic) bond motifs is 1. The molecule has 0 radical (unpaired) electrons. The molecule has 22 heavy (non-hydrogen) atoms. The van der Waals surface area contributed by atoms with Crippen molar-refractivity contribution in [1.29, 1.82) is 0 Å². The van der Waals surface area contributed by atoms with Gasteiger partial charge in [0.05, 0.1) is 0 Å². The van der Waals surface area contributed by atoms with E-state index < -0.39 is 0 Å². The molecule has 1 aromatic carbocycles. The fourth-order valence-corrected chi connectivity index (χ4v) is 3.34. The van der Waals surface area contributed by atoms with E-state index in [1.54, 1.807) is 0 Å². The van der Waals surface area contributed by atoms with Crippen molar-refractivity contribution >= 4 is 0 Å². The minimum absolute atomic E-state index is 0.350. The van der Waals surface area contributed by atoms with Crippen molar-refractivity contribution in [3.63, 3.8) is 0 Å². The Balaban J connectivity index is 1.37. The van der Waals surface area contributed by atoms with Gasteiger partial charge in [-0.15, -0.1) is 0 Å². The number of nitrogens with zero attached hydrogens (tertiary/aromatic N) is 2. The predicted octanol–water partition coefficient (Wildman–Crippen LogP) is 3.19. The molecule has 4 rings (SSSR count). The van der Waals surface area contributed by atoms with Crippen LogP contribution in [0.3, 0.4) is 0 Å². The van der Waals surface area contributed by atoms with Gasteiger partial charge < -0.3 is 9.47 Å². The lowest BCUT2D eigenvalue weighted by atomic mass is 9.89. The Morgan fingerprint density at radius 3 is 2.77 bits per heavy atom. The van der Waals surface area contributed by atoms with Gasteiger partial charge in [0.25, 0.3) is 0 Å². The highest BCUT2D eigenvalue weighted by Crippen LogP contribution is 2.37. The third kappa shape index (κ3) is 2.79. The zero-order chi connectivity index (χ0) is 14.8. The molecule has 2 aromatic rings. The molecular weight excluding hydrogens is 276 g/mol. The van der Waals surface area contributed by atoms with Crippen LogP contribution in [0.2, 0.25) is 0 Å². The van der Waals surface area contributed by atoms with Gasteiger partial charge in [0, 0.05) is 18.9 Å². The number of likely N-dealkylation sites (tertiary alicyclic amines) is 1. The van der Waals surface area contributed by atoms with Gasteiger partial charge in [-0.2, -0.15) is 0 Å². The van der Waals surface area contributed by atoms with Gasteiger partial charge in [-0.3, -0.25) is 9.88 Å². The van der Waals surface area contributed by atoms with Crippen LogP contribution in [0.4, 0.5) is 0 Å². The summed E-state index contributed by atoms with van der Waals surface area (Å²) in [5, 5.41) is 0. The highest BCUT2D eigenvalue weighted by atomic mass is 16.7. The standard InChI is InChI=1S/C18H20N2O2/c1-2-14(11-19-7-1)12-20-8-5-15(6-9-20)16-3-4-17-18(10-16)22-13-21-17/h1-4,7,10-11,15H,5-6,8-9,12-13H2. The van der Waals surface area contributed by atoms with E-state index in [4.69, 9.17) is 9.47 Å². The lowest BCUT2D eigenvalue weighted by Crippen LogP contribution is -2.32. The molecule has 1 saturated heterocycles. The summed E-state index contributed by atoms with van der Waals surface area (Å²) in [6, 6.07) is 10.5. The second kappa shape index (κ2) is 5.97. The largest absolute Gasteiger partial charge is 0.454 e. The molecule has 114 valence electrons. The minimum Gasteiger partial charge on any atom is -0.454 e. The molecule has 1 aromatic heterocycles. The Hall–Kier alpha value is -2.07. The van der Waals surface area contributed by atoms with Crippen LogP contribution in [0, 0.1) is 0 Å². The van der Waals surface area contributed by atoms with Crippen molar-refractivity contribution in [1.82, 2.24) is 9.88 Å². The van der Waals surface area contributed by atoms with Gasteiger partial charge in [0.15, 0.2) is 11.5 Å². The summed E-state index contributed by atoms with van der Waals surface area (Å²) in [5.41, 5.74) is 2.68. The summed E-state index contributed by atoms with van der Waals surface area (Å²) in [6.45, 7) is 3.62. The summed E-state index contributed by atoms with van der Waals surface area (Å²) in [6.07, 6.45) is 6.18. The Bertz CT molecular complexity index is 637. The first-order chi connectivity index (χ1) is 10.9. The van der Waals surface area contributed by atoms with Gasteiger partial charge in [-0.1, -0.05) is 12.1 Å². The molecule has 0 bridgehead atoms. The van der Waals surface area contributed by atoms with E-state index in [1.807, 2.05) is 24.5 Å². The first-order valence-electron chi connectivity index (χ1n) is 7.89. The van der Waals surface area contributed by atoms with Crippen molar-refractivity contribution in [3.05, 3.63) is 53.9 Å². The molecular formula is C18H20N2O2. The van der Waals surface area contributed by atoms with E-state index in [1.165, 1.54) is 24.0 Å². The molecule has 1 fully saturated rings. The minimum atomic E-state index is 0.350. The quantitative estimate of drug-likeness (QED) is 0.871. The van der Waals surface area contributed by atoms with Gasteiger partial charge in [0.1, 0.15) is 0 Å². The van der Waals surface area contributed by atoms with Crippen molar-refractivity contribution < 1.29 is 9.47 Å². The van der Waals surface area contributed by atoms with Crippen molar-refractivity contribution in [2.24, 2.45) is 0 Å². The normalized spacial score (nSPS) is 18.5. The number of benzene rings is 1. The number of piperidine rings is 1. The number of ether oxygens (including phenoxy) is 2. The molecule has 3 heterocycles. The van der Waals surface area contributed by atoms with Crippen LogP contribution < -0.4 is 9.47 Å². The molecule has 0 amide bonds. The molecule has 0 saturated carbocycles. The molecule has 0 atom stereocenters. The molecule has 2 aliphatic rings. The number of hydrogen-bond donors (Lipinski definition) is 0. The molecule has 2 aliphatic heterocycles. The molecule has 0 N–H and O–H groups in total. The Morgan fingerprint density at radius 1 is 1.09 bits per heavy atom. The number of pyridine rings is 1. The Kier molecular flexibility index (Phi) is 3.69. The van der Waals surface area contributed by atoms with E-state index in [0.29, 0.717) is 12.7 Å². The highest BCUT2D eigenvalue weighted by Gasteiger charge is 2.23. The van der Waals surface area contributed by atoms with Crippen LogP contribution in [0.15, 0.2) is 42.7 Å².